The van der Waals surface area contributed by atoms with Gasteiger partial charge in [0.1, 0.15) is 0 Å². The second kappa shape index (κ2) is 7.95. The molecule has 0 radical (unpaired) electrons. The molecule has 1 N–H and O–H groups in total. The van der Waals surface area contributed by atoms with Crippen molar-refractivity contribution in [1.82, 2.24) is 9.97 Å². The molecule has 0 aliphatic carbocycles. The first-order chi connectivity index (χ1) is 13.0. The number of anilines is 1. The normalized spacial score (nSPS) is 11.8. The van der Waals surface area contributed by atoms with Gasteiger partial charge < -0.3 is 10.1 Å². The number of aryl methyl sites for hydroxylation is 2. The Kier molecular flexibility index (Phi) is 5.45. The molecule has 0 saturated carbocycles. The Bertz CT molecular complexity index is 981. The highest BCUT2D eigenvalue weighted by Gasteiger charge is 2.24. The van der Waals surface area contributed by atoms with Crippen molar-refractivity contribution < 1.29 is 14.3 Å². The van der Waals surface area contributed by atoms with E-state index >= 15 is 0 Å². The maximum absolute atomic E-state index is 12.6. The van der Waals surface area contributed by atoms with Crippen LogP contribution in [0.4, 0.5) is 5.69 Å². The fourth-order valence-corrected chi connectivity index (χ4v) is 2.78. The Morgan fingerprint density at radius 1 is 1.04 bits per heavy atom. The van der Waals surface area contributed by atoms with Gasteiger partial charge in [-0.3, -0.25) is 9.78 Å². The monoisotopic (exact) mass is 363 g/mol. The lowest BCUT2D eigenvalue weighted by Crippen LogP contribution is -2.32. The van der Waals surface area contributed by atoms with Gasteiger partial charge in [-0.15, -0.1) is 0 Å². The average Bonchev–Trinajstić information content (AvgIpc) is 2.68. The van der Waals surface area contributed by atoms with Crippen LogP contribution in [-0.4, -0.2) is 27.9 Å². The number of rotatable bonds is 5. The summed E-state index contributed by atoms with van der Waals surface area (Å²) in [6.45, 7) is 5.62. The van der Waals surface area contributed by atoms with Crippen molar-refractivity contribution in [2.75, 3.05) is 5.32 Å². The van der Waals surface area contributed by atoms with Crippen molar-refractivity contribution in [3.8, 4) is 0 Å². The minimum Gasteiger partial charge on any atom is -0.447 e. The number of carbonyl (C=O) groups is 2. The Morgan fingerprint density at radius 3 is 2.37 bits per heavy atom. The van der Waals surface area contributed by atoms with E-state index in [0.29, 0.717) is 17.5 Å². The molecular formula is C21H21N3O3. The lowest BCUT2D eigenvalue weighted by molar-refractivity contribution is -0.124. The molecule has 0 aliphatic rings. The number of nitrogens with one attached hydrogen (secondary N) is 1. The minimum atomic E-state index is -0.912. The number of carbonyl (C=O) groups excluding carboxylic acids is 2. The van der Waals surface area contributed by atoms with E-state index in [2.05, 4.69) is 15.3 Å². The summed E-state index contributed by atoms with van der Waals surface area (Å²) in [6, 6.07) is 13.0. The number of para-hydroxylation sites is 3. The number of amides is 1. The maximum Gasteiger partial charge on any atom is 0.359 e. The van der Waals surface area contributed by atoms with Gasteiger partial charge in [0.05, 0.1) is 17.2 Å². The number of nitrogens with zero attached hydrogens (tertiary/aromatic N) is 2. The molecule has 3 rings (SSSR count). The van der Waals surface area contributed by atoms with Gasteiger partial charge in [0.2, 0.25) is 0 Å². The zero-order valence-electron chi connectivity index (χ0n) is 15.5. The van der Waals surface area contributed by atoms with Crippen LogP contribution in [0.3, 0.4) is 0 Å². The van der Waals surface area contributed by atoms with Crippen LogP contribution in [0.25, 0.3) is 11.0 Å². The first-order valence-corrected chi connectivity index (χ1v) is 8.79. The molecule has 3 aromatic rings. The quantitative estimate of drug-likeness (QED) is 0.697. The summed E-state index contributed by atoms with van der Waals surface area (Å²) < 4.78 is 5.39. The summed E-state index contributed by atoms with van der Waals surface area (Å²) in [7, 11) is 0. The fourth-order valence-electron chi connectivity index (χ4n) is 2.78. The van der Waals surface area contributed by atoms with E-state index in [4.69, 9.17) is 4.74 Å². The predicted molar refractivity (Wildman–Crippen MR) is 104 cm³/mol. The van der Waals surface area contributed by atoms with Crippen molar-refractivity contribution in [2.24, 2.45) is 0 Å². The van der Waals surface area contributed by atoms with E-state index < -0.39 is 12.1 Å². The van der Waals surface area contributed by atoms with E-state index in [0.717, 1.165) is 16.8 Å². The van der Waals surface area contributed by atoms with Crippen LogP contribution >= 0.6 is 0 Å². The molecule has 1 heterocycles. The van der Waals surface area contributed by atoms with E-state index in [1.165, 1.54) is 6.20 Å². The molecular weight excluding hydrogens is 342 g/mol. The third-order valence-corrected chi connectivity index (χ3v) is 4.30. The number of aromatic nitrogens is 2. The molecule has 0 bridgehead atoms. The van der Waals surface area contributed by atoms with Crippen LogP contribution in [0.5, 0.6) is 0 Å². The fraction of sp³-hybridized carbons (Fsp3) is 0.238. The zero-order valence-corrected chi connectivity index (χ0v) is 15.5. The number of hydrogen-bond donors (Lipinski definition) is 1. The molecule has 6 heteroatoms. The molecule has 0 aliphatic heterocycles. The van der Waals surface area contributed by atoms with Crippen molar-refractivity contribution >= 4 is 28.6 Å². The van der Waals surface area contributed by atoms with Gasteiger partial charge in [-0.1, -0.05) is 37.3 Å². The third kappa shape index (κ3) is 4.11. The molecule has 138 valence electrons. The standard InChI is InChI=1S/C21H21N3O3/c1-4-18(20(25)24-19-13(2)8-7-9-14(19)3)27-21(26)17-12-22-15-10-5-6-11-16(15)23-17/h5-12,18H,4H2,1-3H3,(H,24,25). The van der Waals surface area contributed by atoms with E-state index in [-0.39, 0.29) is 11.6 Å². The first kappa shape index (κ1) is 18.5. The summed E-state index contributed by atoms with van der Waals surface area (Å²) in [5.74, 6) is -1.03. The summed E-state index contributed by atoms with van der Waals surface area (Å²) in [6.07, 6.45) is 0.800. The second-order valence-electron chi connectivity index (χ2n) is 6.30. The minimum absolute atomic E-state index is 0.0759. The summed E-state index contributed by atoms with van der Waals surface area (Å²) in [5, 5.41) is 2.86. The highest BCUT2D eigenvalue weighted by molar-refractivity contribution is 5.98. The Balaban J connectivity index is 1.75. The zero-order chi connectivity index (χ0) is 19.4. The Hall–Kier alpha value is -3.28. The van der Waals surface area contributed by atoms with E-state index in [1.54, 1.807) is 13.0 Å². The molecule has 1 atom stereocenters. The number of hydrogen-bond acceptors (Lipinski definition) is 5. The SMILES string of the molecule is CCC(OC(=O)c1cnc2ccccc2n1)C(=O)Nc1c(C)cccc1C. The highest BCUT2D eigenvalue weighted by atomic mass is 16.5. The summed E-state index contributed by atoms with van der Waals surface area (Å²) in [4.78, 5) is 33.5. The van der Waals surface area contributed by atoms with Gasteiger partial charge in [0, 0.05) is 5.69 Å². The highest BCUT2D eigenvalue weighted by Crippen LogP contribution is 2.20. The molecule has 0 spiro atoms. The van der Waals surface area contributed by atoms with E-state index in [9.17, 15) is 9.59 Å². The van der Waals surface area contributed by atoms with Gasteiger partial charge in [0.15, 0.2) is 11.8 Å². The van der Waals surface area contributed by atoms with Crippen LogP contribution in [0.15, 0.2) is 48.7 Å². The Labute approximate surface area is 157 Å². The molecule has 0 fully saturated rings. The van der Waals surface area contributed by atoms with E-state index in [1.807, 2.05) is 50.2 Å². The smallest absolute Gasteiger partial charge is 0.359 e. The van der Waals surface area contributed by atoms with Crippen molar-refractivity contribution in [3.05, 3.63) is 65.5 Å². The van der Waals surface area contributed by atoms with Gasteiger partial charge >= 0.3 is 5.97 Å². The van der Waals surface area contributed by atoms with Gasteiger partial charge in [0.25, 0.3) is 5.91 Å². The van der Waals surface area contributed by atoms with Crippen LogP contribution < -0.4 is 5.32 Å². The van der Waals surface area contributed by atoms with Crippen LogP contribution in [-0.2, 0) is 9.53 Å². The molecule has 1 amide bonds. The van der Waals surface area contributed by atoms with Crippen molar-refractivity contribution in [3.63, 3.8) is 0 Å². The lowest BCUT2D eigenvalue weighted by Gasteiger charge is -2.18. The predicted octanol–water partition coefficient (Wildman–Crippen LogP) is 3.82. The molecule has 0 saturated heterocycles. The van der Waals surface area contributed by atoms with Crippen LogP contribution in [0.1, 0.15) is 35.0 Å². The molecule has 27 heavy (non-hydrogen) atoms. The van der Waals surface area contributed by atoms with Gasteiger partial charge in [-0.2, -0.15) is 0 Å². The second-order valence-corrected chi connectivity index (χ2v) is 6.30. The van der Waals surface area contributed by atoms with Gasteiger partial charge in [-0.05, 0) is 43.5 Å². The largest absolute Gasteiger partial charge is 0.447 e. The first-order valence-electron chi connectivity index (χ1n) is 8.79. The summed E-state index contributed by atoms with van der Waals surface area (Å²) >= 11 is 0. The maximum atomic E-state index is 12.6. The van der Waals surface area contributed by atoms with Crippen LogP contribution in [0, 0.1) is 13.8 Å². The topological polar surface area (TPSA) is 81.2 Å². The van der Waals surface area contributed by atoms with Gasteiger partial charge in [-0.25, -0.2) is 9.78 Å². The average molecular weight is 363 g/mol. The number of benzene rings is 2. The number of fused-ring (bicyclic) bond motifs is 1. The molecule has 1 aromatic heterocycles. The number of esters is 1. The van der Waals surface area contributed by atoms with Crippen molar-refractivity contribution in [2.45, 2.75) is 33.3 Å². The molecule has 6 nitrogen and oxygen atoms in total. The molecule has 1 unspecified atom stereocenters. The third-order valence-electron chi connectivity index (χ3n) is 4.30. The van der Waals surface area contributed by atoms with Crippen LogP contribution in [0.2, 0.25) is 0 Å². The van der Waals surface area contributed by atoms with Crippen molar-refractivity contribution in [1.29, 1.82) is 0 Å². The Morgan fingerprint density at radius 2 is 1.70 bits per heavy atom. The lowest BCUT2D eigenvalue weighted by atomic mass is 10.1. The number of ether oxygens (including phenoxy) is 1. The summed E-state index contributed by atoms with van der Waals surface area (Å²) in [5.41, 5.74) is 4.00. The molecule has 2 aromatic carbocycles.